The molecule has 0 aliphatic rings. The molecule has 0 N–H and O–H groups in total. The monoisotopic (exact) mass is 175 g/mol. The van der Waals surface area contributed by atoms with Crippen molar-refractivity contribution in [2.45, 2.75) is 25.4 Å². The zero-order chi connectivity index (χ0) is 9.28. The molecule has 0 aromatic heterocycles. The van der Waals surface area contributed by atoms with Crippen LogP contribution in [0.4, 0.5) is 22.0 Å². The lowest BCUT2D eigenvalue weighted by atomic mass is 10.0. The van der Waals surface area contributed by atoms with Gasteiger partial charge in [0.15, 0.2) is 0 Å². The molecule has 1 unspecified atom stereocenters. The van der Waals surface area contributed by atoms with Crippen LogP contribution in [-0.2, 0) is 0 Å². The molecule has 0 fully saturated rings. The van der Waals surface area contributed by atoms with Crippen molar-refractivity contribution in [2.75, 3.05) is 0 Å². The van der Waals surface area contributed by atoms with E-state index < -0.39 is 24.4 Å². The molecule has 0 rings (SSSR count). The first-order valence-corrected chi connectivity index (χ1v) is 2.97. The lowest BCUT2D eigenvalue weighted by Crippen LogP contribution is -2.42. The first-order chi connectivity index (χ1) is 4.73. The average Bonchev–Trinajstić information content (AvgIpc) is 1.83. The minimum atomic E-state index is -5.45. The molecule has 0 aromatic carbocycles. The molecule has 0 aliphatic heterocycles. The molecule has 0 saturated carbocycles. The van der Waals surface area contributed by atoms with E-state index >= 15 is 0 Å². The van der Waals surface area contributed by atoms with E-state index in [1.807, 2.05) is 0 Å². The lowest BCUT2D eigenvalue weighted by Gasteiger charge is -2.24. The van der Waals surface area contributed by atoms with Crippen molar-refractivity contribution in [3.63, 3.8) is 0 Å². The zero-order valence-corrected chi connectivity index (χ0v) is 5.88. The van der Waals surface area contributed by atoms with Gasteiger partial charge in [-0.25, -0.2) is 0 Å². The molecule has 0 aliphatic carbocycles. The van der Waals surface area contributed by atoms with Crippen molar-refractivity contribution in [2.24, 2.45) is 5.92 Å². The normalized spacial score (nSPS) is 16.6. The highest BCUT2D eigenvalue weighted by molar-refractivity contribution is 4.81. The van der Waals surface area contributed by atoms with Gasteiger partial charge in [0.2, 0.25) is 0 Å². The summed E-state index contributed by atoms with van der Waals surface area (Å²) >= 11 is 0. The van der Waals surface area contributed by atoms with Crippen LogP contribution in [0.5, 0.6) is 0 Å². The maximum Gasteiger partial charge on any atom is 0.453 e. The molecule has 0 spiro atoms. The van der Waals surface area contributed by atoms with E-state index in [1.165, 1.54) is 0 Å². The first-order valence-electron chi connectivity index (χ1n) is 2.97. The van der Waals surface area contributed by atoms with Gasteiger partial charge < -0.3 is 0 Å². The summed E-state index contributed by atoms with van der Waals surface area (Å²) in [5.41, 5.74) is 0. The highest BCUT2D eigenvalue weighted by atomic mass is 19.4. The van der Waals surface area contributed by atoms with Crippen molar-refractivity contribution >= 4 is 0 Å². The van der Waals surface area contributed by atoms with Gasteiger partial charge >= 0.3 is 12.1 Å². The number of hydrogen-bond donors (Lipinski definition) is 0. The Balaban J connectivity index is 4.45. The van der Waals surface area contributed by atoms with Crippen molar-refractivity contribution in [3.8, 4) is 0 Å². The van der Waals surface area contributed by atoms with Crippen molar-refractivity contribution in [1.29, 1.82) is 0 Å². The van der Waals surface area contributed by atoms with E-state index in [2.05, 4.69) is 6.92 Å². The SMILES string of the molecule is [CH2]CC(C)C(F)(F)C(F)(F)F. The van der Waals surface area contributed by atoms with Gasteiger partial charge in [-0.15, -0.1) is 0 Å². The van der Waals surface area contributed by atoms with E-state index in [-0.39, 0.29) is 0 Å². The standard InChI is InChI=1S/C6H8F5/c1-3-4(2)5(7,8)6(9,10)11/h4H,1,3H2,2H3. The van der Waals surface area contributed by atoms with Crippen LogP contribution in [0.15, 0.2) is 0 Å². The van der Waals surface area contributed by atoms with Crippen molar-refractivity contribution in [1.82, 2.24) is 0 Å². The minimum Gasteiger partial charge on any atom is -0.196 e. The summed E-state index contributed by atoms with van der Waals surface area (Å²) in [5, 5.41) is 0. The summed E-state index contributed by atoms with van der Waals surface area (Å²) < 4.78 is 58.8. The number of halogens is 5. The molecule has 0 amide bonds. The molecule has 1 atom stereocenters. The third kappa shape index (κ3) is 2.04. The van der Waals surface area contributed by atoms with Crippen LogP contribution in [0.3, 0.4) is 0 Å². The maximum absolute atomic E-state index is 12.2. The third-order valence-electron chi connectivity index (χ3n) is 1.43. The zero-order valence-electron chi connectivity index (χ0n) is 5.88. The fraction of sp³-hybridized carbons (Fsp3) is 0.833. The van der Waals surface area contributed by atoms with Gasteiger partial charge in [-0.2, -0.15) is 22.0 Å². The fourth-order valence-corrected chi connectivity index (χ4v) is 0.461. The molecular weight excluding hydrogens is 167 g/mol. The highest BCUT2D eigenvalue weighted by Crippen LogP contribution is 2.41. The van der Waals surface area contributed by atoms with Crippen LogP contribution in [0.2, 0.25) is 0 Å². The van der Waals surface area contributed by atoms with E-state index in [0.717, 1.165) is 6.92 Å². The summed E-state index contributed by atoms with van der Waals surface area (Å²) in [7, 11) is 0. The molecule has 67 valence electrons. The second kappa shape index (κ2) is 2.95. The molecule has 0 heterocycles. The van der Waals surface area contributed by atoms with Crippen LogP contribution in [0.25, 0.3) is 0 Å². The van der Waals surface area contributed by atoms with Crippen LogP contribution in [0, 0.1) is 12.8 Å². The second-order valence-electron chi connectivity index (χ2n) is 2.31. The molecule has 0 saturated heterocycles. The Hall–Kier alpha value is -0.350. The van der Waals surface area contributed by atoms with Gasteiger partial charge in [-0.3, -0.25) is 0 Å². The van der Waals surface area contributed by atoms with Crippen molar-refractivity contribution < 1.29 is 22.0 Å². The predicted molar refractivity (Wildman–Crippen MR) is 30.1 cm³/mol. The number of alkyl halides is 5. The van der Waals surface area contributed by atoms with Gasteiger partial charge in [0.05, 0.1) is 0 Å². The van der Waals surface area contributed by atoms with E-state index in [4.69, 9.17) is 0 Å². The summed E-state index contributed by atoms with van der Waals surface area (Å²) in [6.07, 6.45) is -5.89. The third-order valence-corrected chi connectivity index (χ3v) is 1.43. The molecule has 0 bridgehead atoms. The molecule has 11 heavy (non-hydrogen) atoms. The first kappa shape index (κ1) is 10.7. The van der Waals surface area contributed by atoms with Crippen LogP contribution >= 0.6 is 0 Å². The summed E-state index contributed by atoms with van der Waals surface area (Å²) in [4.78, 5) is 0. The topological polar surface area (TPSA) is 0 Å². The predicted octanol–water partition coefficient (Wildman–Crippen LogP) is 3.04. The van der Waals surface area contributed by atoms with Gasteiger partial charge in [0.25, 0.3) is 0 Å². The molecular formula is C6H8F5. The molecule has 5 heteroatoms. The van der Waals surface area contributed by atoms with E-state index in [9.17, 15) is 22.0 Å². The Morgan fingerprint density at radius 2 is 1.55 bits per heavy atom. The largest absolute Gasteiger partial charge is 0.453 e. The smallest absolute Gasteiger partial charge is 0.196 e. The van der Waals surface area contributed by atoms with Crippen LogP contribution in [-0.4, -0.2) is 12.1 Å². The Morgan fingerprint density at radius 3 is 1.64 bits per heavy atom. The lowest BCUT2D eigenvalue weighted by molar-refractivity contribution is -0.300. The average molecular weight is 175 g/mol. The summed E-state index contributed by atoms with van der Waals surface area (Å²) in [5.74, 6) is -6.38. The number of hydrogen-bond acceptors (Lipinski definition) is 0. The Bertz CT molecular complexity index is 125. The Morgan fingerprint density at radius 1 is 1.18 bits per heavy atom. The molecule has 0 aromatic rings. The minimum absolute atomic E-state index is 0.438. The van der Waals surface area contributed by atoms with Crippen molar-refractivity contribution in [3.05, 3.63) is 6.92 Å². The Kier molecular flexibility index (Phi) is 2.85. The van der Waals surface area contributed by atoms with E-state index in [1.54, 1.807) is 0 Å². The highest BCUT2D eigenvalue weighted by Gasteiger charge is 2.59. The number of rotatable bonds is 2. The maximum atomic E-state index is 12.2. The van der Waals surface area contributed by atoms with Gasteiger partial charge in [0, 0.05) is 5.92 Å². The summed E-state index contributed by atoms with van der Waals surface area (Å²) in [6, 6.07) is 0. The van der Waals surface area contributed by atoms with Gasteiger partial charge in [-0.1, -0.05) is 13.8 Å². The van der Waals surface area contributed by atoms with Crippen LogP contribution in [0.1, 0.15) is 13.3 Å². The van der Waals surface area contributed by atoms with Crippen LogP contribution < -0.4 is 0 Å². The fourth-order valence-electron chi connectivity index (χ4n) is 0.461. The quantitative estimate of drug-likeness (QED) is 0.566. The Labute approximate surface area is 61.4 Å². The van der Waals surface area contributed by atoms with E-state index in [0.29, 0.717) is 0 Å². The van der Waals surface area contributed by atoms with Gasteiger partial charge in [-0.05, 0) is 6.42 Å². The molecule has 1 radical (unpaired) electrons. The summed E-state index contributed by atoms with van der Waals surface area (Å²) in [6.45, 7) is 3.81. The van der Waals surface area contributed by atoms with Gasteiger partial charge in [0.1, 0.15) is 0 Å². The molecule has 0 nitrogen and oxygen atoms in total. The second-order valence-corrected chi connectivity index (χ2v) is 2.31.